The highest BCUT2D eigenvalue weighted by molar-refractivity contribution is 7.92. The molecule has 0 saturated carbocycles. The smallest absolute Gasteiger partial charge is 0.368 e. The number of nitrogens with zero attached hydrogens (tertiary/aromatic N) is 1. The molecule has 0 radical (unpaired) electrons. The van der Waals surface area contributed by atoms with Gasteiger partial charge >= 0.3 is 6.18 Å². The summed E-state index contributed by atoms with van der Waals surface area (Å²) in [4.78, 5) is 1.67. The Kier molecular flexibility index (Phi) is 4.72. The van der Waals surface area contributed by atoms with Gasteiger partial charge in [0, 0.05) is 26.2 Å². The molecular formula is C14H19F3N2O2S. The molecule has 124 valence electrons. The molecule has 0 unspecified atom stereocenters. The minimum absolute atomic E-state index is 0.0302. The first kappa shape index (κ1) is 17.1. The second-order valence-corrected chi connectivity index (χ2v) is 7.98. The Morgan fingerprint density at radius 1 is 1.18 bits per heavy atom. The number of sulfone groups is 1. The third-order valence-electron chi connectivity index (χ3n) is 3.67. The maximum absolute atomic E-state index is 12.9. The molecule has 2 rings (SSSR count). The molecule has 22 heavy (non-hydrogen) atoms. The monoisotopic (exact) mass is 336 g/mol. The quantitative estimate of drug-likeness (QED) is 0.920. The maximum atomic E-state index is 12.9. The van der Waals surface area contributed by atoms with Crippen LogP contribution in [0.2, 0.25) is 0 Å². The van der Waals surface area contributed by atoms with E-state index in [2.05, 4.69) is 5.32 Å². The van der Waals surface area contributed by atoms with Crippen molar-refractivity contribution >= 4 is 15.5 Å². The number of rotatable bonds is 3. The Morgan fingerprint density at radius 2 is 1.77 bits per heavy atom. The predicted octanol–water partition coefficient (Wildman–Crippen LogP) is 2.30. The second kappa shape index (κ2) is 6.08. The number of nitrogens with one attached hydrogen (secondary N) is 1. The Bertz CT molecular complexity index is 636. The average molecular weight is 336 g/mol. The zero-order valence-electron chi connectivity index (χ0n) is 12.4. The van der Waals surface area contributed by atoms with Gasteiger partial charge in [0.2, 0.25) is 0 Å². The summed E-state index contributed by atoms with van der Waals surface area (Å²) in [6.07, 6.45) is -4.50. The number of alkyl halides is 3. The van der Waals surface area contributed by atoms with E-state index in [1.54, 1.807) is 4.90 Å². The predicted molar refractivity (Wildman–Crippen MR) is 78.8 cm³/mol. The van der Waals surface area contributed by atoms with Crippen LogP contribution >= 0.6 is 0 Å². The van der Waals surface area contributed by atoms with E-state index in [0.717, 1.165) is 18.2 Å². The van der Waals surface area contributed by atoms with Crippen LogP contribution in [0.15, 0.2) is 23.1 Å². The van der Waals surface area contributed by atoms with Gasteiger partial charge < -0.3 is 10.2 Å². The van der Waals surface area contributed by atoms with Gasteiger partial charge in [-0.05, 0) is 32.0 Å². The molecule has 1 heterocycles. The maximum Gasteiger partial charge on any atom is 0.416 e. The second-order valence-electron chi connectivity index (χ2n) is 5.51. The van der Waals surface area contributed by atoms with Crippen LogP contribution in [-0.2, 0) is 16.0 Å². The molecule has 1 aromatic rings. The number of halogens is 3. The van der Waals surface area contributed by atoms with Gasteiger partial charge in [0.1, 0.15) is 0 Å². The van der Waals surface area contributed by atoms with Crippen LogP contribution in [0.1, 0.15) is 19.4 Å². The molecule has 0 atom stereocenters. The van der Waals surface area contributed by atoms with Gasteiger partial charge in [-0.3, -0.25) is 0 Å². The zero-order valence-corrected chi connectivity index (χ0v) is 13.3. The van der Waals surface area contributed by atoms with Crippen LogP contribution in [0.3, 0.4) is 0 Å². The first-order valence-corrected chi connectivity index (χ1v) is 8.59. The van der Waals surface area contributed by atoms with Crippen molar-refractivity contribution in [1.29, 1.82) is 0 Å². The highest BCUT2D eigenvalue weighted by Crippen LogP contribution is 2.36. The lowest BCUT2D eigenvalue weighted by atomic mass is 10.1. The molecule has 1 fully saturated rings. The average Bonchev–Trinajstić information content (AvgIpc) is 2.46. The van der Waals surface area contributed by atoms with Gasteiger partial charge in [-0.25, -0.2) is 8.42 Å². The number of anilines is 1. The van der Waals surface area contributed by atoms with Crippen LogP contribution < -0.4 is 10.2 Å². The lowest BCUT2D eigenvalue weighted by Crippen LogP contribution is -2.44. The summed E-state index contributed by atoms with van der Waals surface area (Å²) in [6, 6.07) is 2.86. The van der Waals surface area contributed by atoms with E-state index in [4.69, 9.17) is 0 Å². The Hall–Kier alpha value is -1.28. The molecule has 0 aliphatic carbocycles. The van der Waals surface area contributed by atoms with Crippen LogP contribution in [0.5, 0.6) is 0 Å². The van der Waals surface area contributed by atoms with Crippen molar-refractivity contribution in [2.75, 3.05) is 31.1 Å². The molecule has 1 aromatic carbocycles. The topological polar surface area (TPSA) is 49.4 Å². The fraction of sp³-hybridized carbons (Fsp3) is 0.571. The first-order chi connectivity index (χ1) is 10.1. The summed E-state index contributed by atoms with van der Waals surface area (Å²) in [5.74, 6) is 0. The highest BCUT2D eigenvalue weighted by Gasteiger charge is 2.34. The van der Waals surface area contributed by atoms with E-state index in [9.17, 15) is 21.6 Å². The van der Waals surface area contributed by atoms with Crippen molar-refractivity contribution < 1.29 is 21.6 Å². The number of piperazine rings is 1. The first-order valence-electron chi connectivity index (χ1n) is 7.05. The normalized spacial score (nSPS) is 17.1. The minimum Gasteiger partial charge on any atom is -0.368 e. The standard InChI is InChI=1S/C14H19F3N2O2S/c1-10(2)22(20,21)13-4-3-11(14(15,16)17)9-12(13)19-7-5-18-6-8-19/h3-4,9-10,18H,5-8H2,1-2H3. The van der Waals surface area contributed by atoms with E-state index in [-0.39, 0.29) is 10.6 Å². The number of benzene rings is 1. The van der Waals surface area contributed by atoms with Gasteiger partial charge in [0.25, 0.3) is 0 Å². The highest BCUT2D eigenvalue weighted by atomic mass is 32.2. The largest absolute Gasteiger partial charge is 0.416 e. The van der Waals surface area contributed by atoms with Gasteiger partial charge in [-0.1, -0.05) is 0 Å². The van der Waals surface area contributed by atoms with Crippen LogP contribution in [0.4, 0.5) is 18.9 Å². The molecule has 0 spiro atoms. The van der Waals surface area contributed by atoms with Crippen LogP contribution in [-0.4, -0.2) is 39.8 Å². The zero-order chi connectivity index (χ0) is 16.5. The van der Waals surface area contributed by atoms with Gasteiger partial charge in [-0.2, -0.15) is 13.2 Å². The fourth-order valence-corrected chi connectivity index (χ4v) is 3.59. The summed E-state index contributed by atoms with van der Waals surface area (Å²) in [5, 5.41) is 2.41. The molecule has 1 aliphatic heterocycles. The SMILES string of the molecule is CC(C)S(=O)(=O)c1ccc(C(F)(F)F)cc1N1CCNCC1. The Morgan fingerprint density at radius 3 is 2.27 bits per heavy atom. The van der Waals surface area contributed by atoms with Gasteiger partial charge in [0.05, 0.1) is 21.4 Å². The lowest BCUT2D eigenvalue weighted by molar-refractivity contribution is -0.137. The van der Waals surface area contributed by atoms with Crippen molar-refractivity contribution in [3.63, 3.8) is 0 Å². The fourth-order valence-electron chi connectivity index (χ4n) is 2.34. The number of hydrogen-bond acceptors (Lipinski definition) is 4. The van der Waals surface area contributed by atoms with E-state index < -0.39 is 26.8 Å². The Labute approximate surface area is 128 Å². The van der Waals surface area contributed by atoms with Crippen molar-refractivity contribution in [3.8, 4) is 0 Å². The van der Waals surface area contributed by atoms with Crippen LogP contribution in [0.25, 0.3) is 0 Å². The molecule has 4 nitrogen and oxygen atoms in total. The van der Waals surface area contributed by atoms with E-state index >= 15 is 0 Å². The van der Waals surface area contributed by atoms with Crippen molar-refractivity contribution in [3.05, 3.63) is 23.8 Å². The summed E-state index contributed by atoms with van der Waals surface area (Å²) in [6.45, 7) is 5.21. The summed E-state index contributed by atoms with van der Waals surface area (Å²) < 4.78 is 63.7. The Balaban J connectivity index is 2.58. The molecule has 1 saturated heterocycles. The third-order valence-corrected chi connectivity index (χ3v) is 5.87. The number of hydrogen-bond donors (Lipinski definition) is 1. The molecule has 1 N–H and O–H groups in total. The van der Waals surface area contributed by atoms with E-state index in [1.807, 2.05) is 0 Å². The summed E-state index contributed by atoms with van der Waals surface area (Å²) in [7, 11) is -3.65. The molecular weight excluding hydrogens is 317 g/mol. The third kappa shape index (κ3) is 3.38. The van der Waals surface area contributed by atoms with Gasteiger partial charge in [0.15, 0.2) is 9.84 Å². The van der Waals surface area contributed by atoms with E-state index in [0.29, 0.717) is 26.2 Å². The summed E-state index contributed by atoms with van der Waals surface area (Å²) in [5.41, 5.74) is -0.686. The van der Waals surface area contributed by atoms with Crippen molar-refractivity contribution in [2.24, 2.45) is 0 Å². The van der Waals surface area contributed by atoms with Crippen molar-refractivity contribution in [1.82, 2.24) is 5.32 Å². The van der Waals surface area contributed by atoms with Crippen LogP contribution in [0, 0.1) is 0 Å². The van der Waals surface area contributed by atoms with Gasteiger partial charge in [-0.15, -0.1) is 0 Å². The minimum atomic E-state index is -4.50. The molecule has 0 aromatic heterocycles. The van der Waals surface area contributed by atoms with E-state index in [1.165, 1.54) is 13.8 Å². The molecule has 0 amide bonds. The molecule has 8 heteroatoms. The molecule has 1 aliphatic rings. The summed E-state index contributed by atoms with van der Waals surface area (Å²) >= 11 is 0. The lowest BCUT2D eigenvalue weighted by Gasteiger charge is -2.31. The van der Waals surface area contributed by atoms with Crippen molar-refractivity contribution in [2.45, 2.75) is 30.2 Å². The molecule has 0 bridgehead atoms.